The molecule has 1 unspecified atom stereocenters. The Labute approximate surface area is 99.0 Å². The Kier molecular flexibility index (Phi) is 4.55. The second kappa shape index (κ2) is 5.27. The molecule has 1 heterocycles. The Balaban J connectivity index is 2.41. The van der Waals surface area contributed by atoms with Crippen molar-refractivity contribution in [3.8, 4) is 0 Å². The summed E-state index contributed by atoms with van der Waals surface area (Å²) in [6.07, 6.45) is 0. The highest BCUT2D eigenvalue weighted by Gasteiger charge is 2.29. The predicted octanol–water partition coefficient (Wildman–Crippen LogP) is 1.03. The van der Waals surface area contributed by atoms with Gasteiger partial charge in [-0.3, -0.25) is 9.69 Å². The molecule has 0 bridgehead atoms. The van der Waals surface area contributed by atoms with Crippen LogP contribution in [-0.4, -0.2) is 54.6 Å². The van der Waals surface area contributed by atoms with Gasteiger partial charge in [0.1, 0.15) is 4.83 Å². The summed E-state index contributed by atoms with van der Waals surface area (Å²) in [7, 11) is 1.40. The monoisotopic (exact) mass is 279 g/mol. The van der Waals surface area contributed by atoms with E-state index in [1.54, 1.807) is 0 Å². The molecule has 1 fully saturated rings. The highest BCUT2D eigenvalue weighted by Crippen LogP contribution is 2.17. The molecule has 1 saturated heterocycles. The van der Waals surface area contributed by atoms with Gasteiger partial charge in [0.2, 0.25) is 0 Å². The fraction of sp³-hybridized carbons (Fsp3) is 0.900. The largest absolute Gasteiger partial charge is 0.468 e. The summed E-state index contributed by atoms with van der Waals surface area (Å²) in [5.41, 5.74) is -0.124. The minimum absolute atomic E-state index is 0.124. The number of halogens is 1. The zero-order valence-electron chi connectivity index (χ0n) is 9.46. The molecule has 1 aliphatic rings. The Bertz CT molecular complexity index is 233. The molecule has 4 nitrogen and oxygen atoms in total. The number of hydrogen-bond acceptors (Lipinski definition) is 4. The van der Waals surface area contributed by atoms with Crippen molar-refractivity contribution in [2.75, 3.05) is 33.4 Å². The molecule has 0 aromatic rings. The molecule has 88 valence electrons. The smallest absolute Gasteiger partial charge is 0.320 e. The Hall–Kier alpha value is -0.130. The number of carbonyl (C=O) groups is 1. The molecule has 0 amide bonds. The molecule has 0 aliphatic carbocycles. The van der Waals surface area contributed by atoms with Gasteiger partial charge in [-0.15, -0.1) is 0 Å². The van der Waals surface area contributed by atoms with Crippen LogP contribution in [0.25, 0.3) is 0 Å². The molecule has 0 aromatic carbocycles. The lowest BCUT2D eigenvalue weighted by atomic mass is 10.1. The van der Waals surface area contributed by atoms with Gasteiger partial charge in [-0.2, -0.15) is 0 Å². The Morgan fingerprint density at radius 1 is 1.67 bits per heavy atom. The van der Waals surface area contributed by atoms with Gasteiger partial charge < -0.3 is 9.47 Å². The van der Waals surface area contributed by atoms with Crippen molar-refractivity contribution >= 4 is 21.9 Å². The zero-order valence-corrected chi connectivity index (χ0v) is 11.0. The van der Waals surface area contributed by atoms with Crippen LogP contribution in [0.4, 0.5) is 0 Å². The van der Waals surface area contributed by atoms with Crippen LogP contribution in [0.1, 0.15) is 13.8 Å². The van der Waals surface area contributed by atoms with Gasteiger partial charge >= 0.3 is 5.97 Å². The predicted molar refractivity (Wildman–Crippen MR) is 61.2 cm³/mol. The second-order valence-corrected chi connectivity index (χ2v) is 5.44. The normalized spacial score (nSPS) is 23.5. The molecule has 1 rings (SSSR count). The SMILES string of the molecule is COC(=O)C(Br)CN1CCOC(C)(C)C1. The maximum atomic E-state index is 11.2. The van der Waals surface area contributed by atoms with E-state index < -0.39 is 0 Å². The van der Waals surface area contributed by atoms with E-state index in [4.69, 9.17) is 4.74 Å². The Morgan fingerprint density at radius 3 is 2.87 bits per heavy atom. The van der Waals surface area contributed by atoms with Gasteiger partial charge in [0.25, 0.3) is 0 Å². The summed E-state index contributed by atoms with van der Waals surface area (Å²) in [6.45, 7) is 7.20. The van der Waals surface area contributed by atoms with Crippen molar-refractivity contribution in [3.05, 3.63) is 0 Å². The standard InChI is InChI=1S/C10H18BrNO3/c1-10(2)7-12(4-5-15-10)6-8(11)9(13)14-3/h8H,4-7H2,1-3H3. The number of hydrogen-bond donors (Lipinski definition) is 0. The molecule has 1 aliphatic heterocycles. The van der Waals surface area contributed by atoms with Crippen LogP contribution in [0.15, 0.2) is 0 Å². The van der Waals surface area contributed by atoms with Crippen molar-refractivity contribution in [3.63, 3.8) is 0 Å². The van der Waals surface area contributed by atoms with E-state index in [0.717, 1.165) is 13.1 Å². The van der Waals surface area contributed by atoms with Gasteiger partial charge in [-0.1, -0.05) is 15.9 Å². The average molecular weight is 280 g/mol. The van der Waals surface area contributed by atoms with Crippen LogP contribution in [-0.2, 0) is 14.3 Å². The number of morpholine rings is 1. The molecular weight excluding hydrogens is 262 g/mol. The average Bonchev–Trinajstić information content (AvgIpc) is 2.14. The lowest BCUT2D eigenvalue weighted by Crippen LogP contribution is -2.50. The van der Waals surface area contributed by atoms with Crippen LogP contribution in [0, 0.1) is 0 Å². The summed E-state index contributed by atoms with van der Waals surface area (Å²) in [6, 6.07) is 0. The van der Waals surface area contributed by atoms with Gasteiger partial charge in [0.05, 0.1) is 19.3 Å². The van der Waals surface area contributed by atoms with E-state index in [1.807, 2.05) is 0 Å². The highest BCUT2D eigenvalue weighted by molar-refractivity contribution is 9.10. The van der Waals surface area contributed by atoms with Crippen LogP contribution in [0.3, 0.4) is 0 Å². The summed E-state index contributed by atoms with van der Waals surface area (Å²) in [4.78, 5) is 13.2. The molecular formula is C10H18BrNO3. The molecule has 0 spiro atoms. The maximum Gasteiger partial charge on any atom is 0.320 e. The number of rotatable bonds is 3. The number of alkyl halides is 1. The number of nitrogens with zero attached hydrogens (tertiary/aromatic N) is 1. The summed E-state index contributed by atoms with van der Waals surface area (Å²) in [5.74, 6) is -0.223. The molecule has 0 aromatic heterocycles. The van der Waals surface area contributed by atoms with Gasteiger partial charge in [0, 0.05) is 19.6 Å². The van der Waals surface area contributed by atoms with E-state index in [2.05, 4.69) is 39.4 Å². The van der Waals surface area contributed by atoms with Crippen LogP contribution in [0.2, 0.25) is 0 Å². The summed E-state index contributed by atoms with van der Waals surface area (Å²) >= 11 is 3.32. The van der Waals surface area contributed by atoms with E-state index in [9.17, 15) is 4.79 Å². The molecule has 1 atom stereocenters. The highest BCUT2D eigenvalue weighted by atomic mass is 79.9. The van der Waals surface area contributed by atoms with Crippen molar-refractivity contribution < 1.29 is 14.3 Å². The fourth-order valence-corrected chi connectivity index (χ4v) is 2.30. The second-order valence-electron chi connectivity index (χ2n) is 4.33. The maximum absolute atomic E-state index is 11.2. The van der Waals surface area contributed by atoms with E-state index in [-0.39, 0.29) is 16.4 Å². The van der Waals surface area contributed by atoms with E-state index >= 15 is 0 Å². The quantitative estimate of drug-likeness (QED) is 0.572. The number of methoxy groups -OCH3 is 1. The first-order valence-electron chi connectivity index (χ1n) is 5.03. The minimum atomic E-state index is -0.253. The third-order valence-corrected chi connectivity index (χ3v) is 3.04. The molecule has 0 saturated carbocycles. The van der Waals surface area contributed by atoms with Crippen LogP contribution >= 0.6 is 15.9 Å². The van der Waals surface area contributed by atoms with Gasteiger partial charge in [-0.05, 0) is 13.8 Å². The molecule has 0 radical (unpaired) electrons. The van der Waals surface area contributed by atoms with Crippen molar-refractivity contribution in [1.29, 1.82) is 0 Å². The Morgan fingerprint density at radius 2 is 2.33 bits per heavy atom. The zero-order chi connectivity index (χ0) is 11.5. The van der Waals surface area contributed by atoms with Crippen molar-refractivity contribution in [1.82, 2.24) is 4.90 Å². The minimum Gasteiger partial charge on any atom is -0.468 e. The van der Waals surface area contributed by atoms with Crippen LogP contribution in [0.5, 0.6) is 0 Å². The lowest BCUT2D eigenvalue weighted by molar-refractivity contribution is -0.141. The van der Waals surface area contributed by atoms with E-state index in [0.29, 0.717) is 13.2 Å². The number of carbonyl (C=O) groups excluding carboxylic acids is 1. The van der Waals surface area contributed by atoms with Crippen molar-refractivity contribution in [2.45, 2.75) is 24.3 Å². The lowest BCUT2D eigenvalue weighted by Gasteiger charge is -2.38. The van der Waals surface area contributed by atoms with Gasteiger partial charge in [0.15, 0.2) is 0 Å². The van der Waals surface area contributed by atoms with E-state index in [1.165, 1.54) is 7.11 Å². The van der Waals surface area contributed by atoms with Crippen LogP contribution < -0.4 is 0 Å². The third-order valence-electron chi connectivity index (χ3n) is 2.38. The van der Waals surface area contributed by atoms with Gasteiger partial charge in [-0.25, -0.2) is 0 Å². The third kappa shape index (κ3) is 4.09. The number of esters is 1. The topological polar surface area (TPSA) is 38.8 Å². The fourth-order valence-electron chi connectivity index (χ4n) is 1.70. The summed E-state index contributed by atoms with van der Waals surface area (Å²) < 4.78 is 10.3. The van der Waals surface area contributed by atoms with Crippen molar-refractivity contribution in [2.24, 2.45) is 0 Å². The first kappa shape index (κ1) is 12.9. The molecule has 0 N–H and O–H groups in total. The summed E-state index contributed by atoms with van der Waals surface area (Å²) in [5, 5.41) is 0. The number of ether oxygens (including phenoxy) is 2. The molecule has 15 heavy (non-hydrogen) atoms. The first-order valence-corrected chi connectivity index (χ1v) is 5.94. The first-order chi connectivity index (χ1) is 6.94. The molecule has 5 heteroatoms.